The number of ether oxygens (including phenoxy) is 1. The number of hydrogen-bond acceptors (Lipinski definition) is 5. The fourth-order valence-corrected chi connectivity index (χ4v) is 2.13. The van der Waals surface area contributed by atoms with Crippen molar-refractivity contribution in [3.05, 3.63) is 42.2 Å². The second-order valence-electron chi connectivity index (χ2n) is 3.40. The molecule has 0 aliphatic carbocycles. The summed E-state index contributed by atoms with van der Waals surface area (Å²) in [4.78, 5) is 8.29. The molecule has 2 rings (SSSR count). The molecule has 2 aromatic rings. The Morgan fingerprint density at radius 1 is 1.29 bits per heavy atom. The van der Waals surface area contributed by atoms with Crippen LogP contribution in [-0.4, -0.2) is 17.1 Å². The number of anilines is 1. The van der Waals surface area contributed by atoms with Crippen LogP contribution in [0.3, 0.4) is 0 Å². The van der Waals surface area contributed by atoms with Crippen molar-refractivity contribution in [3.8, 4) is 5.75 Å². The van der Waals surface area contributed by atoms with Crippen LogP contribution in [0.5, 0.6) is 5.75 Å². The topological polar surface area (TPSA) is 61.0 Å². The summed E-state index contributed by atoms with van der Waals surface area (Å²) < 4.78 is 5.11. The Labute approximate surface area is 104 Å². The first-order chi connectivity index (χ1) is 8.29. The molecule has 88 valence electrons. The van der Waals surface area contributed by atoms with E-state index in [0.29, 0.717) is 11.4 Å². The molecule has 0 spiro atoms. The number of hydrogen-bond donors (Lipinski definition) is 1. The largest absolute Gasteiger partial charge is 0.495 e. The zero-order chi connectivity index (χ0) is 12.1. The third-order valence-electron chi connectivity index (χ3n) is 2.20. The summed E-state index contributed by atoms with van der Waals surface area (Å²) in [6, 6.07) is 7.58. The number of thioether (sulfide) groups is 1. The third kappa shape index (κ3) is 3.10. The van der Waals surface area contributed by atoms with Crippen molar-refractivity contribution in [1.82, 2.24) is 9.97 Å². The Morgan fingerprint density at radius 2 is 2.06 bits per heavy atom. The van der Waals surface area contributed by atoms with Crippen LogP contribution >= 0.6 is 11.8 Å². The van der Waals surface area contributed by atoms with Crippen molar-refractivity contribution >= 4 is 17.4 Å². The van der Waals surface area contributed by atoms with Gasteiger partial charge in [-0.3, -0.25) is 0 Å². The lowest BCUT2D eigenvalue weighted by Crippen LogP contribution is -1.94. The molecule has 4 nitrogen and oxygen atoms in total. The highest BCUT2D eigenvalue weighted by Crippen LogP contribution is 2.25. The van der Waals surface area contributed by atoms with E-state index in [1.54, 1.807) is 37.3 Å². The summed E-state index contributed by atoms with van der Waals surface area (Å²) in [6.07, 6.45) is 3.47. The lowest BCUT2D eigenvalue weighted by molar-refractivity contribution is 0.417. The van der Waals surface area contributed by atoms with Gasteiger partial charge in [0.2, 0.25) is 0 Å². The Kier molecular flexibility index (Phi) is 3.82. The molecule has 0 amide bonds. The predicted octanol–water partition coefficient (Wildman–Crippen LogP) is 2.36. The highest BCUT2D eigenvalue weighted by atomic mass is 32.2. The van der Waals surface area contributed by atoms with Gasteiger partial charge in [0.05, 0.1) is 12.8 Å². The van der Waals surface area contributed by atoms with E-state index in [2.05, 4.69) is 9.97 Å². The second-order valence-corrected chi connectivity index (χ2v) is 4.34. The third-order valence-corrected chi connectivity index (χ3v) is 3.15. The standard InChI is InChI=1S/C12H13N3OS/c1-16-11-4-3-9(7-10(11)13)8-17-12-14-5-2-6-15-12/h2-7H,8,13H2,1H3. The molecule has 0 aliphatic rings. The summed E-state index contributed by atoms with van der Waals surface area (Å²) in [6.45, 7) is 0. The van der Waals surface area contributed by atoms with Crippen molar-refractivity contribution in [3.63, 3.8) is 0 Å². The van der Waals surface area contributed by atoms with Gasteiger partial charge in [-0.1, -0.05) is 17.8 Å². The van der Waals surface area contributed by atoms with E-state index in [9.17, 15) is 0 Å². The summed E-state index contributed by atoms with van der Waals surface area (Å²) in [5.41, 5.74) is 7.61. The molecule has 0 saturated heterocycles. The fourth-order valence-electron chi connectivity index (χ4n) is 1.38. The Bertz CT molecular complexity index is 490. The van der Waals surface area contributed by atoms with Crippen molar-refractivity contribution in [2.24, 2.45) is 0 Å². The lowest BCUT2D eigenvalue weighted by Gasteiger charge is -2.06. The molecular formula is C12H13N3OS. The summed E-state index contributed by atoms with van der Waals surface area (Å²) in [7, 11) is 1.61. The molecule has 0 bridgehead atoms. The smallest absolute Gasteiger partial charge is 0.187 e. The van der Waals surface area contributed by atoms with E-state index in [-0.39, 0.29) is 0 Å². The minimum atomic E-state index is 0.652. The molecule has 0 aliphatic heterocycles. The molecule has 0 unspecified atom stereocenters. The minimum Gasteiger partial charge on any atom is -0.495 e. The van der Waals surface area contributed by atoms with Gasteiger partial charge in [0.15, 0.2) is 5.16 Å². The van der Waals surface area contributed by atoms with E-state index in [0.717, 1.165) is 16.5 Å². The SMILES string of the molecule is COc1ccc(CSc2ncccn2)cc1N. The molecule has 2 N–H and O–H groups in total. The van der Waals surface area contributed by atoms with Gasteiger partial charge >= 0.3 is 0 Å². The first kappa shape index (κ1) is 11.7. The molecule has 0 fully saturated rings. The van der Waals surface area contributed by atoms with Crippen LogP contribution in [-0.2, 0) is 5.75 Å². The number of nitrogens with two attached hydrogens (primary N) is 1. The second kappa shape index (κ2) is 5.54. The molecule has 5 heteroatoms. The van der Waals surface area contributed by atoms with Gasteiger partial charge < -0.3 is 10.5 Å². The quantitative estimate of drug-likeness (QED) is 0.510. The summed E-state index contributed by atoms with van der Waals surface area (Å²) in [5, 5.41) is 0.766. The first-order valence-corrected chi connectivity index (χ1v) is 6.10. The fraction of sp³-hybridized carbons (Fsp3) is 0.167. The Morgan fingerprint density at radius 3 is 2.71 bits per heavy atom. The van der Waals surface area contributed by atoms with Gasteiger partial charge in [0.25, 0.3) is 0 Å². The number of benzene rings is 1. The number of nitrogens with zero attached hydrogens (tertiary/aromatic N) is 2. The van der Waals surface area contributed by atoms with Crippen molar-refractivity contribution in [2.45, 2.75) is 10.9 Å². The van der Waals surface area contributed by atoms with Gasteiger partial charge in [-0.2, -0.15) is 0 Å². The lowest BCUT2D eigenvalue weighted by atomic mass is 10.2. The van der Waals surface area contributed by atoms with Gasteiger partial charge in [-0.25, -0.2) is 9.97 Å². The Balaban J connectivity index is 2.02. The van der Waals surface area contributed by atoms with Crippen LogP contribution < -0.4 is 10.5 Å². The maximum absolute atomic E-state index is 5.84. The highest BCUT2D eigenvalue weighted by molar-refractivity contribution is 7.98. The average molecular weight is 247 g/mol. The minimum absolute atomic E-state index is 0.652. The molecule has 1 heterocycles. The average Bonchev–Trinajstić information content (AvgIpc) is 2.38. The van der Waals surface area contributed by atoms with Crippen molar-refractivity contribution < 1.29 is 4.74 Å². The van der Waals surface area contributed by atoms with Crippen LogP contribution in [0, 0.1) is 0 Å². The normalized spacial score (nSPS) is 10.2. The maximum Gasteiger partial charge on any atom is 0.187 e. The van der Waals surface area contributed by atoms with Crippen LogP contribution in [0.1, 0.15) is 5.56 Å². The van der Waals surface area contributed by atoms with Gasteiger partial charge in [0, 0.05) is 18.1 Å². The van der Waals surface area contributed by atoms with E-state index in [4.69, 9.17) is 10.5 Å². The predicted molar refractivity (Wildman–Crippen MR) is 69.0 cm³/mol. The van der Waals surface area contributed by atoms with Gasteiger partial charge in [-0.05, 0) is 23.8 Å². The van der Waals surface area contributed by atoms with Gasteiger partial charge in [-0.15, -0.1) is 0 Å². The number of aromatic nitrogens is 2. The molecule has 17 heavy (non-hydrogen) atoms. The maximum atomic E-state index is 5.84. The molecule has 0 saturated carbocycles. The zero-order valence-corrected chi connectivity index (χ0v) is 10.3. The van der Waals surface area contributed by atoms with Crippen LogP contribution in [0.25, 0.3) is 0 Å². The summed E-state index contributed by atoms with van der Waals surface area (Å²) >= 11 is 1.58. The number of nitrogen functional groups attached to an aromatic ring is 1. The zero-order valence-electron chi connectivity index (χ0n) is 9.46. The number of methoxy groups -OCH3 is 1. The van der Waals surface area contributed by atoms with Crippen LogP contribution in [0.4, 0.5) is 5.69 Å². The molecule has 1 aromatic heterocycles. The van der Waals surface area contributed by atoms with Gasteiger partial charge in [0.1, 0.15) is 5.75 Å². The molecule has 1 aromatic carbocycles. The van der Waals surface area contributed by atoms with E-state index >= 15 is 0 Å². The monoisotopic (exact) mass is 247 g/mol. The van der Waals surface area contributed by atoms with Crippen molar-refractivity contribution in [2.75, 3.05) is 12.8 Å². The van der Waals surface area contributed by atoms with Crippen LogP contribution in [0.2, 0.25) is 0 Å². The van der Waals surface area contributed by atoms with E-state index in [1.165, 1.54) is 0 Å². The molecule has 0 atom stereocenters. The Hall–Kier alpha value is -1.75. The first-order valence-electron chi connectivity index (χ1n) is 5.12. The molecule has 0 radical (unpaired) electrons. The summed E-state index contributed by atoms with van der Waals surface area (Å²) in [5.74, 6) is 1.49. The number of rotatable bonds is 4. The highest BCUT2D eigenvalue weighted by Gasteiger charge is 2.02. The van der Waals surface area contributed by atoms with E-state index < -0.39 is 0 Å². The van der Waals surface area contributed by atoms with E-state index in [1.807, 2.05) is 18.2 Å². The molecular weight excluding hydrogens is 234 g/mol. The van der Waals surface area contributed by atoms with Crippen LogP contribution in [0.15, 0.2) is 41.8 Å². The van der Waals surface area contributed by atoms with Crippen molar-refractivity contribution in [1.29, 1.82) is 0 Å².